The van der Waals surface area contributed by atoms with Crippen LogP contribution in [0.3, 0.4) is 0 Å². The molecule has 12 rings (SSSR count). The number of hydrogen-bond acceptors (Lipinski definition) is 3. The molecule has 0 saturated heterocycles. The van der Waals surface area contributed by atoms with Gasteiger partial charge in [0.25, 0.3) is 0 Å². The Morgan fingerprint density at radius 1 is 0.190 bits per heavy atom. The molecule has 0 amide bonds. The summed E-state index contributed by atoms with van der Waals surface area (Å²) in [5.74, 6) is 0. The molecule has 0 aliphatic rings. The van der Waals surface area contributed by atoms with Crippen LogP contribution in [0.15, 0.2) is 267 Å². The minimum atomic E-state index is -0.0135. The third-order valence-corrected chi connectivity index (χ3v) is 16.4. The van der Waals surface area contributed by atoms with Crippen molar-refractivity contribution in [3.8, 4) is 123 Å². The zero-order valence-corrected chi connectivity index (χ0v) is 49.7. The first-order valence-electron chi connectivity index (χ1n) is 29.4. The molecule has 0 saturated carbocycles. The second-order valence-electron chi connectivity index (χ2n) is 25.3. The first-order chi connectivity index (χ1) is 40.5. The highest BCUT2D eigenvalue weighted by atomic mass is 14.7. The molecule has 3 heterocycles. The lowest BCUT2D eigenvalue weighted by atomic mass is 9.83. The smallest absolute Gasteiger partial charge is 0.0705 e. The predicted octanol–water partition coefficient (Wildman–Crippen LogP) is 22.1. The van der Waals surface area contributed by atoms with Crippen molar-refractivity contribution < 1.29 is 0 Å². The van der Waals surface area contributed by atoms with Gasteiger partial charge in [0.1, 0.15) is 0 Å². The average molecular weight is 1090 g/mol. The number of rotatable bonds is 11. The maximum absolute atomic E-state index is 4.94. The summed E-state index contributed by atoms with van der Waals surface area (Å²) in [5, 5.41) is 0. The fourth-order valence-electron chi connectivity index (χ4n) is 11.6. The highest BCUT2D eigenvalue weighted by Crippen LogP contribution is 2.47. The molecule has 0 spiro atoms. The molecule has 84 heavy (non-hydrogen) atoms. The standard InChI is InChI=1S/C81H71N3/c1-79(2,3)63-40-43-82-76(51-63)57-34-32-56(33-35-57)66-26-16-17-27-67(66)60-46-61(68-28-18-20-30-70(68)72-38-36-58(49-74(72)54-22-12-10-13-23-54)77-52-64(41-44-83-77)80(4,5)6)48-62(47-60)69-29-19-21-31-71(69)73-39-37-59(50-75(73)55-24-14-11-15-25-55)78-53-65(42-45-84-78)81(7,8)9/h10-53H,1-9H3. The lowest BCUT2D eigenvalue weighted by molar-refractivity contribution is 0.589. The summed E-state index contributed by atoms with van der Waals surface area (Å²) in [5.41, 5.74) is 28.2. The maximum atomic E-state index is 4.94. The van der Waals surface area contributed by atoms with Gasteiger partial charge in [-0.1, -0.05) is 244 Å². The van der Waals surface area contributed by atoms with E-state index in [1.165, 1.54) is 16.7 Å². The van der Waals surface area contributed by atoms with Gasteiger partial charge < -0.3 is 0 Å². The van der Waals surface area contributed by atoms with E-state index in [9.17, 15) is 0 Å². The predicted molar refractivity (Wildman–Crippen MR) is 356 cm³/mol. The number of benzene rings is 9. The van der Waals surface area contributed by atoms with Crippen LogP contribution in [-0.2, 0) is 16.2 Å². The van der Waals surface area contributed by atoms with Crippen molar-refractivity contribution in [2.75, 3.05) is 0 Å². The summed E-state index contributed by atoms with van der Waals surface area (Å²) in [4.78, 5) is 14.7. The lowest BCUT2D eigenvalue weighted by Crippen LogP contribution is -2.11. The van der Waals surface area contributed by atoms with Gasteiger partial charge in [0, 0.05) is 35.3 Å². The Morgan fingerprint density at radius 3 is 0.810 bits per heavy atom. The van der Waals surface area contributed by atoms with Crippen molar-refractivity contribution in [3.63, 3.8) is 0 Å². The third-order valence-electron chi connectivity index (χ3n) is 16.4. The monoisotopic (exact) mass is 1090 g/mol. The Labute approximate surface area is 497 Å². The zero-order chi connectivity index (χ0) is 58.2. The molecule has 3 heteroatoms. The van der Waals surface area contributed by atoms with Crippen LogP contribution in [0.1, 0.15) is 79.0 Å². The average Bonchev–Trinajstić information content (AvgIpc) is 1.92. The van der Waals surface area contributed by atoms with Crippen LogP contribution in [0.4, 0.5) is 0 Å². The number of aromatic nitrogens is 3. The molecule has 12 aromatic rings. The van der Waals surface area contributed by atoms with Crippen LogP contribution in [0.2, 0.25) is 0 Å². The van der Waals surface area contributed by atoms with Crippen LogP contribution in [0.25, 0.3) is 123 Å². The molecule has 0 fully saturated rings. The topological polar surface area (TPSA) is 38.7 Å². The second-order valence-corrected chi connectivity index (χ2v) is 25.3. The van der Waals surface area contributed by atoms with Crippen molar-refractivity contribution in [3.05, 3.63) is 284 Å². The molecule has 0 bridgehead atoms. The van der Waals surface area contributed by atoms with Gasteiger partial charge >= 0.3 is 0 Å². The van der Waals surface area contributed by atoms with Crippen molar-refractivity contribution in [1.82, 2.24) is 15.0 Å². The number of hydrogen-bond donors (Lipinski definition) is 0. The third kappa shape index (κ3) is 11.5. The molecule has 0 N–H and O–H groups in total. The Hall–Kier alpha value is -9.57. The summed E-state index contributed by atoms with van der Waals surface area (Å²) in [6, 6.07) is 91.4. The van der Waals surface area contributed by atoms with Crippen LogP contribution < -0.4 is 0 Å². The normalized spacial score (nSPS) is 11.9. The van der Waals surface area contributed by atoms with Gasteiger partial charge in [-0.3, -0.25) is 15.0 Å². The molecule has 0 radical (unpaired) electrons. The minimum Gasteiger partial charge on any atom is -0.256 e. The lowest BCUT2D eigenvalue weighted by Gasteiger charge is -2.21. The van der Waals surface area contributed by atoms with E-state index in [-0.39, 0.29) is 16.2 Å². The van der Waals surface area contributed by atoms with Gasteiger partial charge in [0.2, 0.25) is 0 Å². The second kappa shape index (κ2) is 22.6. The number of pyridine rings is 3. The van der Waals surface area contributed by atoms with Gasteiger partial charge in [-0.25, -0.2) is 0 Å². The Morgan fingerprint density at radius 2 is 0.452 bits per heavy atom. The van der Waals surface area contributed by atoms with Crippen LogP contribution in [-0.4, -0.2) is 15.0 Å². The Kier molecular flexibility index (Phi) is 14.8. The fraction of sp³-hybridized carbons (Fsp3) is 0.148. The molecule has 0 atom stereocenters. The van der Waals surface area contributed by atoms with E-state index >= 15 is 0 Å². The van der Waals surface area contributed by atoms with Crippen molar-refractivity contribution in [2.24, 2.45) is 0 Å². The quantitative estimate of drug-likeness (QED) is 0.130. The van der Waals surface area contributed by atoms with E-state index < -0.39 is 0 Å². The number of nitrogens with zero attached hydrogens (tertiary/aromatic N) is 3. The molecule has 0 aliphatic heterocycles. The Bertz CT molecular complexity index is 4130. The first-order valence-corrected chi connectivity index (χ1v) is 29.4. The van der Waals surface area contributed by atoms with E-state index in [1.807, 2.05) is 18.6 Å². The SMILES string of the molecule is CC(C)(C)c1ccnc(-c2ccc(-c3ccccc3-c3cc(-c4ccccc4-c4ccc(-c5cc(C(C)(C)C)ccn5)cc4-c4ccccc4)cc(-c4ccccc4-c4ccc(-c5cc(C(C)(C)C)ccn5)cc4-c4ccccc4)c3)cc2)c1. The van der Waals surface area contributed by atoms with Gasteiger partial charge in [-0.05, 0) is 189 Å². The molecule has 410 valence electrons. The van der Waals surface area contributed by atoms with Gasteiger partial charge in [-0.2, -0.15) is 0 Å². The van der Waals surface area contributed by atoms with Gasteiger partial charge in [0.05, 0.1) is 17.1 Å². The zero-order valence-electron chi connectivity index (χ0n) is 49.7. The highest BCUT2D eigenvalue weighted by molar-refractivity contribution is 5.99. The van der Waals surface area contributed by atoms with Crippen LogP contribution in [0.5, 0.6) is 0 Å². The molecule has 0 aliphatic carbocycles. The largest absolute Gasteiger partial charge is 0.256 e. The highest BCUT2D eigenvalue weighted by Gasteiger charge is 2.23. The van der Waals surface area contributed by atoms with Crippen molar-refractivity contribution >= 4 is 0 Å². The summed E-state index contributed by atoms with van der Waals surface area (Å²) in [7, 11) is 0. The maximum Gasteiger partial charge on any atom is 0.0705 e. The molecular formula is C81H71N3. The molecule has 3 aromatic heterocycles. The van der Waals surface area contributed by atoms with Gasteiger partial charge in [-0.15, -0.1) is 0 Å². The van der Waals surface area contributed by atoms with E-state index in [0.717, 1.165) is 123 Å². The van der Waals surface area contributed by atoms with Crippen LogP contribution in [0, 0.1) is 0 Å². The fourth-order valence-corrected chi connectivity index (χ4v) is 11.6. The summed E-state index contributed by atoms with van der Waals surface area (Å²) in [6.45, 7) is 20.3. The summed E-state index contributed by atoms with van der Waals surface area (Å²) >= 11 is 0. The van der Waals surface area contributed by atoms with E-state index in [4.69, 9.17) is 15.0 Å². The molecule has 9 aromatic carbocycles. The summed E-state index contributed by atoms with van der Waals surface area (Å²) in [6.07, 6.45) is 5.83. The van der Waals surface area contributed by atoms with Gasteiger partial charge in [0.15, 0.2) is 0 Å². The summed E-state index contributed by atoms with van der Waals surface area (Å²) < 4.78 is 0. The van der Waals surface area contributed by atoms with Crippen molar-refractivity contribution in [2.45, 2.75) is 78.6 Å². The molecular weight excluding hydrogens is 1010 g/mol. The van der Waals surface area contributed by atoms with E-state index in [0.29, 0.717) is 0 Å². The minimum absolute atomic E-state index is 0.0135. The molecule has 3 nitrogen and oxygen atoms in total. The van der Waals surface area contributed by atoms with Crippen molar-refractivity contribution in [1.29, 1.82) is 0 Å². The van der Waals surface area contributed by atoms with E-state index in [1.54, 1.807) is 0 Å². The Balaban J connectivity index is 1.06. The van der Waals surface area contributed by atoms with Crippen LogP contribution >= 0.6 is 0 Å². The van der Waals surface area contributed by atoms with E-state index in [2.05, 4.69) is 311 Å². The first kappa shape index (κ1) is 55.0. The molecule has 0 unspecified atom stereocenters.